The van der Waals surface area contributed by atoms with Crippen molar-refractivity contribution in [3.63, 3.8) is 0 Å². The van der Waals surface area contributed by atoms with Crippen LogP contribution in [-0.2, 0) is 21.4 Å². The van der Waals surface area contributed by atoms with Crippen molar-refractivity contribution in [3.05, 3.63) is 70.1 Å². The molecule has 4 aromatic rings. The number of nitrogens with two attached hydrogens (primary N) is 1. The van der Waals surface area contributed by atoms with E-state index in [1.807, 2.05) is 12.3 Å². The van der Waals surface area contributed by atoms with Crippen molar-refractivity contribution in [2.75, 3.05) is 11.1 Å². The van der Waals surface area contributed by atoms with Gasteiger partial charge in [-0.15, -0.1) is 11.3 Å². The Morgan fingerprint density at radius 1 is 1.17 bits per heavy atom. The van der Waals surface area contributed by atoms with E-state index in [1.165, 1.54) is 47.7 Å². The Morgan fingerprint density at radius 3 is 2.50 bits per heavy atom. The molecule has 3 N–H and O–H groups in total. The van der Waals surface area contributed by atoms with E-state index in [0.717, 1.165) is 30.2 Å². The molecule has 2 aromatic heterocycles. The highest BCUT2D eigenvalue weighted by molar-refractivity contribution is 7.99. The Kier molecular flexibility index (Phi) is 7.88. The first-order valence-electron chi connectivity index (χ1n) is 11.0. The van der Waals surface area contributed by atoms with E-state index in [4.69, 9.17) is 5.14 Å². The number of carbonyl (C=O) groups excluding carboxylic acids is 1. The van der Waals surface area contributed by atoms with Crippen LogP contribution in [0.1, 0.15) is 19.8 Å². The number of sulfonamides is 1. The first kappa shape index (κ1) is 26.0. The number of nitrogens with one attached hydrogen (secondary N) is 1. The first-order chi connectivity index (χ1) is 17.2. The number of primary sulfonamides is 1. The Balaban J connectivity index is 1.58. The summed E-state index contributed by atoms with van der Waals surface area (Å²) in [6, 6.07) is 11.5. The zero-order chi connectivity index (χ0) is 25.9. The van der Waals surface area contributed by atoms with Crippen LogP contribution in [0.5, 0.6) is 0 Å². The molecule has 0 aliphatic rings. The molecule has 0 bridgehead atoms. The van der Waals surface area contributed by atoms with Crippen LogP contribution >= 0.6 is 23.1 Å². The summed E-state index contributed by atoms with van der Waals surface area (Å²) in [4.78, 5) is 31.2. The van der Waals surface area contributed by atoms with Gasteiger partial charge in [-0.2, -0.15) is 0 Å². The van der Waals surface area contributed by atoms with Crippen LogP contribution in [0, 0.1) is 5.82 Å². The summed E-state index contributed by atoms with van der Waals surface area (Å²) in [6.45, 7) is 2.48. The predicted octanol–water partition coefficient (Wildman–Crippen LogP) is 4.44. The summed E-state index contributed by atoms with van der Waals surface area (Å²) >= 11 is 2.47. The number of amides is 1. The molecule has 0 fully saturated rings. The maximum absolute atomic E-state index is 13.5. The van der Waals surface area contributed by atoms with Gasteiger partial charge in [0.25, 0.3) is 5.56 Å². The first-order valence-corrected chi connectivity index (χ1v) is 14.4. The summed E-state index contributed by atoms with van der Waals surface area (Å²) in [5, 5.41) is 10.5. The number of nitrogens with zero attached hydrogens (tertiary/aromatic N) is 2. The van der Waals surface area contributed by atoms with Crippen molar-refractivity contribution in [1.82, 2.24) is 9.55 Å². The molecule has 0 atom stereocenters. The van der Waals surface area contributed by atoms with Gasteiger partial charge in [-0.1, -0.05) is 37.2 Å². The molecule has 0 spiro atoms. The van der Waals surface area contributed by atoms with Gasteiger partial charge in [0.15, 0.2) is 5.16 Å². The molecule has 4 rings (SSSR count). The van der Waals surface area contributed by atoms with Crippen molar-refractivity contribution in [3.8, 4) is 11.1 Å². The van der Waals surface area contributed by atoms with E-state index >= 15 is 0 Å². The topological polar surface area (TPSA) is 124 Å². The van der Waals surface area contributed by atoms with E-state index in [0.29, 0.717) is 33.2 Å². The number of thioether (sulfide) groups is 1. The molecule has 0 saturated carbocycles. The fourth-order valence-corrected chi connectivity index (χ4v) is 5.86. The third kappa shape index (κ3) is 5.84. The van der Waals surface area contributed by atoms with Crippen LogP contribution in [0.4, 0.5) is 10.1 Å². The summed E-state index contributed by atoms with van der Waals surface area (Å²) in [6.07, 6.45) is 1.64. The summed E-state index contributed by atoms with van der Waals surface area (Å²) < 4.78 is 37.8. The van der Waals surface area contributed by atoms with E-state index in [1.54, 1.807) is 16.7 Å². The predicted molar refractivity (Wildman–Crippen MR) is 141 cm³/mol. The molecule has 36 heavy (non-hydrogen) atoms. The van der Waals surface area contributed by atoms with Crippen molar-refractivity contribution in [1.29, 1.82) is 0 Å². The van der Waals surface area contributed by atoms with Crippen LogP contribution in [0.25, 0.3) is 21.3 Å². The van der Waals surface area contributed by atoms with E-state index in [2.05, 4.69) is 10.3 Å². The van der Waals surface area contributed by atoms with E-state index in [-0.39, 0.29) is 27.9 Å². The second-order valence-corrected chi connectivity index (χ2v) is 11.3. The number of hydrogen-bond donors (Lipinski definition) is 2. The number of aromatic nitrogens is 2. The highest BCUT2D eigenvalue weighted by atomic mass is 32.2. The standard InChI is InChI=1S/C24H23FN4O4S3/c1-2-3-12-29-23(31)21-19(15-4-6-16(25)7-5-15)13-34-22(21)28-24(29)35-14-20(30)27-17-8-10-18(11-9-17)36(26,32)33/h4-11,13H,2-3,12,14H2,1H3,(H,27,30)(H2,26,32,33). The van der Waals surface area contributed by atoms with Gasteiger partial charge in [0.2, 0.25) is 15.9 Å². The molecule has 0 aliphatic heterocycles. The number of fused-ring (bicyclic) bond motifs is 1. The zero-order valence-corrected chi connectivity index (χ0v) is 21.7. The summed E-state index contributed by atoms with van der Waals surface area (Å²) in [7, 11) is -3.82. The van der Waals surface area contributed by atoms with Crippen molar-refractivity contribution in [2.45, 2.75) is 36.4 Å². The fourth-order valence-electron chi connectivity index (χ4n) is 3.53. The van der Waals surface area contributed by atoms with Crippen molar-refractivity contribution >= 4 is 54.9 Å². The molecule has 0 aliphatic carbocycles. The maximum atomic E-state index is 13.5. The number of hydrogen-bond acceptors (Lipinski definition) is 7. The Bertz CT molecular complexity index is 1560. The van der Waals surface area contributed by atoms with E-state index in [9.17, 15) is 22.4 Å². The summed E-state index contributed by atoms with van der Waals surface area (Å²) in [5.41, 5.74) is 1.66. The van der Waals surface area contributed by atoms with Gasteiger partial charge in [-0.25, -0.2) is 22.9 Å². The quantitative estimate of drug-likeness (QED) is 0.236. The second-order valence-electron chi connectivity index (χ2n) is 7.95. The fraction of sp³-hybridized carbons (Fsp3) is 0.208. The van der Waals surface area contributed by atoms with Crippen LogP contribution < -0.4 is 16.0 Å². The van der Waals surface area contributed by atoms with Gasteiger partial charge in [0.05, 0.1) is 16.0 Å². The highest BCUT2D eigenvalue weighted by Gasteiger charge is 2.18. The lowest BCUT2D eigenvalue weighted by Gasteiger charge is -2.12. The number of rotatable bonds is 9. The van der Waals surface area contributed by atoms with Gasteiger partial charge >= 0.3 is 0 Å². The highest BCUT2D eigenvalue weighted by Crippen LogP contribution is 2.32. The van der Waals surface area contributed by atoms with Gasteiger partial charge < -0.3 is 5.32 Å². The molecule has 12 heteroatoms. The number of unbranched alkanes of at least 4 members (excludes halogenated alkanes) is 1. The van der Waals surface area contributed by atoms with Crippen LogP contribution in [0.2, 0.25) is 0 Å². The molecule has 8 nitrogen and oxygen atoms in total. The molecular weight excluding hydrogens is 523 g/mol. The minimum atomic E-state index is -3.82. The van der Waals surface area contributed by atoms with Gasteiger partial charge in [0, 0.05) is 23.2 Å². The van der Waals surface area contributed by atoms with Crippen LogP contribution in [0.15, 0.2) is 68.8 Å². The molecule has 0 radical (unpaired) electrons. The van der Waals surface area contributed by atoms with Crippen LogP contribution in [0.3, 0.4) is 0 Å². The Hall–Kier alpha value is -3.06. The molecule has 0 unspecified atom stereocenters. The second kappa shape index (κ2) is 10.9. The monoisotopic (exact) mass is 546 g/mol. The molecule has 2 heterocycles. The van der Waals surface area contributed by atoms with Crippen LogP contribution in [-0.4, -0.2) is 29.6 Å². The number of anilines is 1. The number of carbonyl (C=O) groups is 1. The largest absolute Gasteiger partial charge is 0.325 e. The number of halogens is 1. The maximum Gasteiger partial charge on any atom is 0.263 e. The van der Waals surface area contributed by atoms with E-state index < -0.39 is 10.0 Å². The zero-order valence-electron chi connectivity index (χ0n) is 19.2. The lowest BCUT2D eigenvalue weighted by Crippen LogP contribution is -2.24. The minimum Gasteiger partial charge on any atom is -0.325 e. The van der Waals surface area contributed by atoms with Gasteiger partial charge in [-0.05, 0) is 48.4 Å². The summed E-state index contributed by atoms with van der Waals surface area (Å²) in [5.74, 6) is -0.691. The molecule has 2 aromatic carbocycles. The Labute approximate surface area is 215 Å². The molecule has 0 saturated heterocycles. The minimum absolute atomic E-state index is 0.00277. The Morgan fingerprint density at radius 2 is 1.86 bits per heavy atom. The SMILES string of the molecule is CCCCn1c(SCC(=O)Nc2ccc(S(N)(=O)=O)cc2)nc2scc(-c3ccc(F)cc3)c2c1=O. The number of thiophene rings is 1. The normalized spacial score (nSPS) is 11.6. The average molecular weight is 547 g/mol. The number of benzene rings is 2. The molecular formula is C24H23FN4O4S3. The molecule has 188 valence electrons. The molecule has 1 amide bonds. The third-order valence-electron chi connectivity index (χ3n) is 5.35. The average Bonchev–Trinajstić information content (AvgIpc) is 3.27. The lowest BCUT2D eigenvalue weighted by atomic mass is 10.1. The van der Waals surface area contributed by atoms with Crippen molar-refractivity contribution in [2.24, 2.45) is 5.14 Å². The van der Waals surface area contributed by atoms with Crippen molar-refractivity contribution < 1.29 is 17.6 Å². The lowest BCUT2D eigenvalue weighted by molar-refractivity contribution is -0.113. The smallest absolute Gasteiger partial charge is 0.263 e. The third-order valence-corrected chi connectivity index (χ3v) is 8.13. The van der Waals surface area contributed by atoms with Gasteiger partial charge in [-0.3, -0.25) is 14.2 Å². The van der Waals surface area contributed by atoms with Gasteiger partial charge in [0.1, 0.15) is 10.6 Å².